The molecule has 0 aliphatic carbocycles. The summed E-state index contributed by atoms with van der Waals surface area (Å²) >= 11 is 0. The van der Waals surface area contributed by atoms with Crippen LogP contribution in [0.2, 0.25) is 0 Å². The van der Waals surface area contributed by atoms with Crippen LogP contribution >= 0.6 is 0 Å². The Morgan fingerprint density at radius 1 is 1.15 bits per heavy atom. The lowest BCUT2D eigenvalue weighted by atomic mass is 10.1. The second-order valence-electron chi connectivity index (χ2n) is 2.49. The number of nitrogens with one attached hydrogen (secondary N) is 1. The van der Waals surface area contributed by atoms with Gasteiger partial charge in [0.05, 0.1) is 11.3 Å². The van der Waals surface area contributed by atoms with Gasteiger partial charge in [-0.05, 0) is 18.2 Å². The summed E-state index contributed by atoms with van der Waals surface area (Å²) in [6.07, 6.45) is 0. The molecule has 13 heavy (non-hydrogen) atoms. The van der Waals surface area contributed by atoms with Gasteiger partial charge in [0.2, 0.25) is 5.91 Å². The lowest BCUT2D eigenvalue weighted by Crippen LogP contribution is -2.14. The largest absolute Gasteiger partial charge is 0.366 e. The predicted molar refractivity (Wildman–Crippen MR) is 46.2 cm³/mol. The number of rotatable bonds is 2. The Hall–Kier alpha value is -2.04. The number of carbonyl (C=O) groups is 2. The zero-order valence-electron chi connectivity index (χ0n) is 6.70. The van der Waals surface area contributed by atoms with Crippen LogP contribution in [0, 0.1) is 0 Å². The van der Waals surface area contributed by atoms with Gasteiger partial charge in [0.25, 0.3) is 5.91 Å². The Labute approximate surface area is 74.5 Å². The molecule has 67 valence electrons. The third-order valence-electron chi connectivity index (χ3n) is 1.57. The molecule has 5 nitrogen and oxygen atoms in total. The minimum absolute atomic E-state index is 0.0741. The van der Waals surface area contributed by atoms with E-state index in [1.54, 1.807) is 0 Å². The molecule has 1 rings (SSSR count). The fourth-order valence-corrected chi connectivity index (χ4v) is 0.912. The normalized spacial score (nSPS) is 9.54. The lowest BCUT2D eigenvalue weighted by molar-refractivity contribution is 0.0988. The summed E-state index contributed by atoms with van der Waals surface area (Å²) in [5, 5.41) is 0. The highest BCUT2D eigenvalue weighted by molar-refractivity contribution is 6.00. The van der Waals surface area contributed by atoms with Crippen molar-refractivity contribution < 1.29 is 9.59 Å². The maximum atomic E-state index is 10.7. The van der Waals surface area contributed by atoms with Crippen LogP contribution in [0.15, 0.2) is 18.2 Å². The SMILES string of the molecule is [NH]c1cc(C(N)=O)ccc1C(N)=O. The van der Waals surface area contributed by atoms with E-state index in [9.17, 15) is 9.59 Å². The molecule has 0 bridgehead atoms. The molecule has 0 saturated carbocycles. The Kier molecular flexibility index (Phi) is 2.19. The van der Waals surface area contributed by atoms with Gasteiger partial charge in [-0.15, -0.1) is 0 Å². The van der Waals surface area contributed by atoms with Gasteiger partial charge < -0.3 is 17.2 Å². The van der Waals surface area contributed by atoms with Gasteiger partial charge in [0.1, 0.15) is 0 Å². The van der Waals surface area contributed by atoms with Crippen molar-refractivity contribution in [2.45, 2.75) is 0 Å². The van der Waals surface area contributed by atoms with Gasteiger partial charge in [-0.3, -0.25) is 9.59 Å². The first-order valence-corrected chi connectivity index (χ1v) is 3.47. The third kappa shape index (κ3) is 1.76. The zero-order chi connectivity index (χ0) is 10.0. The van der Waals surface area contributed by atoms with Crippen LogP contribution in [0.1, 0.15) is 20.7 Å². The van der Waals surface area contributed by atoms with E-state index in [1.807, 2.05) is 0 Å². The molecule has 2 amide bonds. The molecule has 0 spiro atoms. The Bertz CT molecular complexity index is 374. The van der Waals surface area contributed by atoms with Gasteiger partial charge in [0, 0.05) is 5.56 Å². The van der Waals surface area contributed by atoms with Crippen LogP contribution in [0.4, 0.5) is 5.69 Å². The molecule has 5 N–H and O–H groups in total. The minimum atomic E-state index is -0.693. The van der Waals surface area contributed by atoms with E-state index < -0.39 is 11.8 Å². The zero-order valence-corrected chi connectivity index (χ0v) is 6.70. The molecule has 1 aromatic rings. The molecule has 0 atom stereocenters. The number of benzene rings is 1. The fraction of sp³-hybridized carbons (Fsp3) is 0. The van der Waals surface area contributed by atoms with Crippen molar-refractivity contribution in [3.05, 3.63) is 29.3 Å². The number of primary amides is 2. The molecular formula is C8H8N3O2. The van der Waals surface area contributed by atoms with Crippen molar-refractivity contribution in [1.29, 1.82) is 0 Å². The van der Waals surface area contributed by atoms with Crippen LogP contribution in [-0.4, -0.2) is 11.8 Å². The van der Waals surface area contributed by atoms with E-state index in [0.717, 1.165) is 0 Å². The highest BCUT2D eigenvalue weighted by Gasteiger charge is 2.08. The molecule has 1 aromatic carbocycles. The summed E-state index contributed by atoms with van der Waals surface area (Å²) in [5.74, 6) is -1.33. The van der Waals surface area contributed by atoms with Crippen molar-refractivity contribution in [2.24, 2.45) is 11.5 Å². The van der Waals surface area contributed by atoms with Gasteiger partial charge >= 0.3 is 0 Å². The average Bonchev–Trinajstić information content (AvgIpc) is 2.03. The molecule has 0 unspecified atom stereocenters. The van der Waals surface area contributed by atoms with Crippen molar-refractivity contribution in [3.63, 3.8) is 0 Å². The number of nitrogens with two attached hydrogens (primary N) is 2. The fourth-order valence-electron chi connectivity index (χ4n) is 0.912. The number of hydrogen-bond acceptors (Lipinski definition) is 2. The highest BCUT2D eigenvalue weighted by Crippen LogP contribution is 2.14. The monoisotopic (exact) mass is 178 g/mol. The first-order valence-electron chi connectivity index (χ1n) is 3.47. The van der Waals surface area contributed by atoms with Gasteiger partial charge in [0.15, 0.2) is 0 Å². The second-order valence-corrected chi connectivity index (χ2v) is 2.49. The Morgan fingerprint density at radius 3 is 2.15 bits per heavy atom. The molecule has 0 aromatic heterocycles. The van der Waals surface area contributed by atoms with Crippen LogP contribution in [0.25, 0.3) is 0 Å². The third-order valence-corrected chi connectivity index (χ3v) is 1.57. The molecular weight excluding hydrogens is 170 g/mol. The van der Waals surface area contributed by atoms with E-state index in [1.165, 1.54) is 18.2 Å². The van der Waals surface area contributed by atoms with Crippen molar-refractivity contribution in [2.75, 3.05) is 0 Å². The van der Waals surface area contributed by atoms with Crippen molar-refractivity contribution in [1.82, 2.24) is 5.73 Å². The molecule has 0 aliphatic rings. The quantitative estimate of drug-likeness (QED) is 0.653. The van der Waals surface area contributed by atoms with E-state index in [2.05, 4.69) is 0 Å². The first kappa shape index (κ1) is 9.05. The number of amides is 2. The van der Waals surface area contributed by atoms with Crippen LogP contribution in [0.3, 0.4) is 0 Å². The summed E-state index contributed by atoms with van der Waals surface area (Å²) in [5.41, 5.74) is 17.4. The minimum Gasteiger partial charge on any atom is -0.366 e. The summed E-state index contributed by atoms with van der Waals surface area (Å²) in [6, 6.07) is 3.88. The van der Waals surface area contributed by atoms with Crippen LogP contribution in [0.5, 0.6) is 0 Å². The molecule has 0 saturated heterocycles. The van der Waals surface area contributed by atoms with Crippen LogP contribution < -0.4 is 17.2 Å². The van der Waals surface area contributed by atoms with E-state index >= 15 is 0 Å². The standard InChI is InChI=1S/C8H8N3O2/c9-6-3-4(7(10)12)1-2-5(6)8(11)13/h1-3,9H,(H2,10,12)(H2,11,13). The van der Waals surface area contributed by atoms with Gasteiger partial charge in [-0.1, -0.05) is 0 Å². The van der Waals surface area contributed by atoms with E-state index in [-0.39, 0.29) is 16.8 Å². The van der Waals surface area contributed by atoms with Gasteiger partial charge in [-0.2, -0.15) is 0 Å². The van der Waals surface area contributed by atoms with Crippen molar-refractivity contribution in [3.8, 4) is 0 Å². The smallest absolute Gasteiger partial charge is 0.250 e. The predicted octanol–water partition coefficient (Wildman–Crippen LogP) is -0.201. The Morgan fingerprint density at radius 2 is 1.77 bits per heavy atom. The number of carbonyl (C=O) groups excluding carboxylic acids is 2. The number of hydrogen-bond donors (Lipinski definition) is 2. The molecule has 0 heterocycles. The van der Waals surface area contributed by atoms with Crippen molar-refractivity contribution >= 4 is 17.5 Å². The summed E-state index contributed by atoms with van der Waals surface area (Å²) in [6.45, 7) is 0. The van der Waals surface area contributed by atoms with E-state index in [0.29, 0.717) is 0 Å². The first-order chi connectivity index (χ1) is 6.02. The molecule has 0 aliphatic heterocycles. The average molecular weight is 178 g/mol. The summed E-state index contributed by atoms with van der Waals surface area (Å²) in [4.78, 5) is 21.3. The second kappa shape index (κ2) is 3.14. The topological polar surface area (TPSA) is 110 Å². The summed E-state index contributed by atoms with van der Waals surface area (Å²) < 4.78 is 0. The maximum absolute atomic E-state index is 10.7. The molecule has 5 heteroatoms. The summed E-state index contributed by atoms with van der Waals surface area (Å²) in [7, 11) is 0. The highest BCUT2D eigenvalue weighted by atomic mass is 16.1. The molecule has 1 radical (unpaired) electrons. The molecule has 0 fully saturated rings. The van der Waals surface area contributed by atoms with Gasteiger partial charge in [-0.25, -0.2) is 0 Å². The van der Waals surface area contributed by atoms with E-state index in [4.69, 9.17) is 17.2 Å². The van der Waals surface area contributed by atoms with Crippen LogP contribution in [-0.2, 0) is 0 Å². The maximum Gasteiger partial charge on any atom is 0.250 e. The Balaban J connectivity index is 3.20. The lowest BCUT2D eigenvalue weighted by Gasteiger charge is -2.01.